The summed E-state index contributed by atoms with van der Waals surface area (Å²) < 4.78 is 31.9. The van der Waals surface area contributed by atoms with E-state index >= 15 is 0 Å². The summed E-state index contributed by atoms with van der Waals surface area (Å²) in [6.45, 7) is 1.46. The molecule has 0 fully saturated rings. The number of ether oxygens (including phenoxy) is 1. The maximum Gasteiger partial charge on any atom is 0.242 e. The topological polar surface area (TPSA) is 84.5 Å². The highest BCUT2D eigenvalue weighted by atomic mass is 35.5. The summed E-state index contributed by atoms with van der Waals surface area (Å²) in [6.07, 6.45) is 0. The van der Waals surface area contributed by atoms with Crippen LogP contribution in [-0.2, 0) is 14.8 Å². The van der Waals surface area contributed by atoms with Gasteiger partial charge < -0.3 is 10.1 Å². The van der Waals surface area contributed by atoms with E-state index < -0.39 is 22.0 Å². The summed E-state index contributed by atoms with van der Waals surface area (Å²) in [6, 6.07) is 11.5. The van der Waals surface area contributed by atoms with Gasteiger partial charge in [0.2, 0.25) is 15.9 Å². The van der Waals surface area contributed by atoms with E-state index in [1.54, 1.807) is 24.3 Å². The van der Waals surface area contributed by atoms with Crippen molar-refractivity contribution in [2.24, 2.45) is 0 Å². The summed E-state index contributed by atoms with van der Waals surface area (Å²) in [5.41, 5.74) is 0.511. The molecular weight excluding hydrogens is 352 g/mol. The van der Waals surface area contributed by atoms with Crippen molar-refractivity contribution in [3.8, 4) is 5.75 Å². The Labute approximate surface area is 145 Å². The molecule has 2 rings (SSSR count). The number of carbonyl (C=O) groups is 1. The van der Waals surface area contributed by atoms with Crippen LogP contribution in [0.1, 0.15) is 6.92 Å². The number of hydrogen-bond acceptors (Lipinski definition) is 4. The van der Waals surface area contributed by atoms with E-state index in [1.807, 2.05) is 0 Å². The van der Waals surface area contributed by atoms with Crippen molar-refractivity contribution in [1.82, 2.24) is 4.72 Å². The standard InChI is InChI=1S/C16H17ClN2O4S/c1-11(16(20)18-13-4-3-5-14(10-13)23-2)19-24(21,22)15-8-6-12(17)7-9-15/h3-11,19H,1-2H3,(H,18,20). The van der Waals surface area contributed by atoms with Crippen LogP contribution >= 0.6 is 11.6 Å². The molecule has 0 aromatic heterocycles. The number of hydrogen-bond donors (Lipinski definition) is 2. The molecule has 0 spiro atoms. The maximum absolute atomic E-state index is 12.3. The zero-order valence-corrected chi connectivity index (χ0v) is 14.7. The highest BCUT2D eigenvalue weighted by Crippen LogP contribution is 2.17. The first-order chi connectivity index (χ1) is 11.3. The molecule has 24 heavy (non-hydrogen) atoms. The Balaban J connectivity index is 2.06. The first-order valence-corrected chi connectivity index (χ1v) is 8.91. The predicted octanol–water partition coefficient (Wildman–Crippen LogP) is 2.65. The van der Waals surface area contributed by atoms with Crippen molar-refractivity contribution in [3.05, 3.63) is 53.6 Å². The van der Waals surface area contributed by atoms with Crippen molar-refractivity contribution in [3.63, 3.8) is 0 Å². The first-order valence-electron chi connectivity index (χ1n) is 7.04. The molecule has 0 aliphatic heterocycles. The maximum atomic E-state index is 12.3. The smallest absolute Gasteiger partial charge is 0.242 e. The average molecular weight is 369 g/mol. The number of methoxy groups -OCH3 is 1. The molecule has 8 heteroatoms. The Hall–Kier alpha value is -2.09. The quantitative estimate of drug-likeness (QED) is 0.820. The highest BCUT2D eigenvalue weighted by molar-refractivity contribution is 7.89. The van der Waals surface area contributed by atoms with Gasteiger partial charge in [0, 0.05) is 16.8 Å². The largest absolute Gasteiger partial charge is 0.497 e. The molecule has 2 aromatic carbocycles. The molecule has 0 saturated heterocycles. The lowest BCUT2D eigenvalue weighted by Crippen LogP contribution is -2.41. The number of benzene rings is 2. The van der Waals surface area contributed by atoms with E-state index in [9.17, 15) is 13.2 Å². The van der Waals surface area contributed by atoms with Crippen molar-refractivity contribution in [1.29, 1.82) is 0 Å². The van der Waals surface area contributed by atoms with E-state index in [4.69, 9.17) is 16.3 Å². The van der Waals surface area contributed by atoms with Crippen molar-refractivity contribution < 1.29 is 17.9 Å². The third-order valence-corrected chi connectivity index (χ3v) is 5.00. The molecule has 1 atom stereocenters. The van der Waals surface area contributed by atoms with Crippen molar-refractivity contribution in [2.45, 2.75) is 17.9 Å². The van der Waals surface area contributed by atoms with Crippen LogP contribution in [0.3, 0.4) is 0 Å². The minimum absolute atomic E-state index is 0.0351. The van der Waals surface area contributed by atoms with E-state index in [0.29, 0.717) is 16.5 Å². The van der Waals surface area contributed by atoms with Crippen molar-refractivity contribution >= 4 is 33.2 Å². The van der Waals surface area contributed by atoms with E-state index in [-0.39, 0.29) is 4.90 Å². The monoisotopic (exact) mass is 368 g/mol. The molecule has 2 N–H and O–H groups in total. The van der Waals surface area contributed by atoms with Crippen molar-refractivity contribution in [2.75, 3.05) is 12.4 Å². The van der Waals surface area contributed by atoms with Gasteiger partial charge in [-0.05, 0) is 43.3 Å². The predicted molar refractivity (Wildman–Crippen MR) is 92.9 cm³/mol. The zero-order valence-electron chi connectivity index (χ0n) is 13.1. The van der Waals surface area contributed by atoms with Crippen LogP contribution < -0.4 is 14.8 Å². The number of carbonyl (C=O) groups excluding carboxylic acids is 1. The van der Waals surface area contributed by atoms with Gasteiger partial charge in [0.25, 0.3) is 0 Å². The molecule has 2 aromatic rings. The van der Waals surface area contributed by atoms with Gasteiger partial charge in [-0.25, -0.2) is 8.42 Å². The van der Waals surface area contributed by atoms with Crippen LogP contribution in [0.15, 0.2) is 53.4 Å². The Bertz CT molecular complexity index is 822. The number of sulfonamides is 1. The minimum Gasteiger partial charge on any atom is -0.497 e. The molecule has 0 aliphatic carbocycles. The van der Waals surface area contributed by atoms with E-state index in [2.05, 4.69) is 10.0 Å². The second-order valence-electron chi connectivity index (χ2n) is 5.02. The van der Waals surface area contributed by atoms with E-state index in [1.165, 1.54) is 38.3 Å². The molecule has 6 nitrogen and oxygen atoms in total. The summed E-state index contributed by atoms with van der Waals surface area (Å²) in [5, 5.41) is 3.06. The second-order valence-corrected chi connectivity index (χ2v) is 7.17. The molecule has 1 unspecified atom stereocenters. The number of amides is 1. The van der Waals surface area contributed by atoms with Gasteiger partial charge in [-0.3, -0.25) is 4.79 Å². The van der Waals surface area contributed by atoms with Gasteiger partial charge in [-0.2, -0.15) is 4.72 Å². The number of anilines is 1. The van der Waals surface area contributed by atoms with Crippen LogP contribution in [0.5, 0.6) is 5.75 Å². The SMILES string of the molecule is COc1cccc(NC(=O)C(C)NS(=O)(=O)c2ccc(Cl)cc2)c1. The van der Waals surface area contributed by atoms with Crippen LogP contribution in [-0.4, -0.2) is 27.5 Å². The molecular formula is C16H17ClN2O4S. The fourth-order valence-corrected chi connectivity index (χ4v) is 3.25. The van der Waals surface area contributed by atoms with Gasteiger partial charge in [-0.1, -0.05) is 17.7 Å². The Morgan fingerprint density at radius 3 is 2.46 bits per heavy atom. The third-order valence-electron chi connectivity index (χ3n) is 3.19. The zero-order chi connectivity index (χ0) is 17.7. The van der Waals surface area contributed by atoms with Crippen LogP contribution in [0.4, 0.5) is 5.69 Å². The molecule has 0 bridgehead atoms. The molecule has 0 aliphatic rings. The molecule has 1 amide bonds. The van der Waals surface area contributed by atoms with Crippen LogP contribution in [0.2, 0.25) is 5.02 Å². The summed E-state index contributed by atoms with van der Waals surface area (Å²) in [5.74, 6) is 0.1000. The summed E-state index contributed by atoms with van der Waals surface area (Å²) in [7, 11) is -2.30. The molecule has 0 heterocycles. The van der Waals surface area contributed by atoms with Gasteiger partial charge in [-0.15, -0.1) is 0 Å². The van der Waals surface area contributed by atoms with Crippen LogP contribution in [0, 0.1) is 0 Å². The second kappa shape index (κ2) is 7.65. The fraction of sp³-hybridized carbons (Fsp3) is 0.188. The first kappa shape index (κ1) is 18.3. The Morgan fingerprint density at radius 1 is 1.17 bits per heavy atom. The number of halogens is 1. The average Bonchev–Trinajstić information content (AvgIpc) is 2.55. The third kappa shape index (κ3) is 4.70. The van der Waals surface area contributed by atoms with Gasteiger partial charge in [0.1, 0.15) is 5.75 Å². The number of rotatable bonds is 6. The lowest BCUT2D eigenvalue weighted by molar-refractivity contribution is -0.117. The summed E-state index contributed by atoms with van der Waals surface area (Å²) >= 11 is 5.74. The normalized spacial score (nSPS) is 12.5. The summed E-state index contributed by atoms with van der Waals surface area (Å²) in [4.78, 5) is 12.2. The molecule has 0 saturated carbocycles. The number of nitrogens with one attached hydrogen (secondary N) is 2. The Kier molecular flexibility index (Phi) is 5.82. The van der Waals surface area contributed by atoms with E-state index in [0.717, 1.165) is 0 Å². The van der Waals surface area contributed by atoms with Gasteiger partial charge in [0.15, 0.2) is 0 Å². The fourth-order valence-electron chi connectivity index (χ4n) is 1.92. The van der Waals surface area contributed by atoms with Gasteiger partial charge in [0.05, 0.1) is 18.0 Å². The molecule has 0 radical (unpaired) electrons. The lowest BCUT2D eigenvalue weighted by Gasteiger charge is -2.15. The minimum atomic E-state index is -3.82. The lowest BCUT2D eigenvalue weighted by atomic mass is 10.2. The highest BCUT2D eigenvalue weighted by Gasteiger charge is 2.22. The van der Waals surface area contributed by atoms with Crippen LogP contribution in [0.25, 0.3) is 0 Å². The van der Waals surface area contributed by atoms with Gasteiger partial charge >= 0.3 is 0 Å². The Morgan fingerprint density at radius 2 is 1.83 bits per heavy atom. The molecule has 128 valence electrons.